The molecule has 13 heavy (non-hydrogen) atoms. The molecule has 7 heteroatoms. The molecular formula is C6H6F2N2O3. The van der Waals surface area contributed by atoms with E-state index in [9.17, 15) is 13.6 Å². The first kappa shape index (κ1) is 9.56. The summed E-state index contributed by atoms with van der Waals surface area (Å²) in [6.07, 6.45) is -2.88. The first-order chi connectivity index (χ1) is 6.15. The van der Waals surface area contributed by atoms with Gasteiger partial charge in [-0.05, 0) is 12.1 Å². The molecule has 0 aromatic carbocycles. The minimum Gasteiger partial charge on any atom is -0.460 e. The maximum atomic E-state index is 11.9. The average molecular weight is 192 g/mol. The highest BCUT2D eigenvalue weighted by Gasteiger charge is 2.20. The van der Waals surface area contributed by atoms with Crippen molar-refractivity contribution in [3.8, 4) is 0 Å². The highest BCUT2D eigenvalue weighted by molar-refractivity contribution is 5.84. The van der Waals surface area contributed by atoms with Crippen LogP contribution in [0.2, 0.25) is 0 Å². The Hall–Kier alpha value is -1.53. The third kappa shape index (κ3) is 2.20. The molecular weight excluding hydrogens is 186 g/mol. The van der Waals surface area contributed by atoms with Gasteiger partial charge < -0.3 is 9.26 Å². The third-order valence-electron chi connectivity index (χ3n) is 1.09. The van der Waals surface area contributed by atoms with Gasteiger partial charge in [0.1, 0.15) is 0 Å². The van der Waals surface area contributed by atoms with Crippen molar-refractivity contribution in [3.63, 3.8) is 0 Å². The van der Waals surface area contributed by atoms with Gasteiger partial charge in [0.15, 0.2) is 0 Å². The van der Waals surface area contributed by atoms with Crippen molar-refractivity contribution in [3.05, 3.63) is 11.7 Å². The van der Waals surface area contributed by atoms with Crippen molar-refractivity contribution in [2.75, 3.05) is 6.61 Å². The Bertz CT molecular complexity index is 300. The summed E-state index contributed by atoms with van der Waals surface area (Å²) in [6.45, 7) is 1.70. The SMILES string of the molecule is CCOC(=O)c1noc(C(F)F)n1. The molecule has 0 aliphatic rings. The van der Waals surface area contributed by atoms with Crippen LogP contribution in [0, 0.1) is 0 Å². The molecule has 0 amide bonds. The van der Waals surface area contributed by atoms with Crippen molar-refractivity contribution < 1.29 is 22.8 Å². The highest BCUT2D eigenvalue weighted by Crippen LogP contribution is 2.15. The van der Waals surface area contributed by atoms with E-state index in [1.54, 1.807) is 6.92 Å². The Morgan fingerprint density at radius 2 is 2.38 bits per heavy atom. The number of alkyl halides is 2. The molecule has 0 N–H and O–H groups in total. The maximum absolute atomic E-state index is 11.9. The van der Waals surface area contributed by atoms with Crippen molar-refractivity contribution in [1.82, 2.24) is 10.1 Å². The fourth-order valence-corrected chi connectivity index (χ4v) is 0.602. The predicted molar refractivity (Wildman–Crippen MR) is 35.2 cm³/mol. The zero-order valence-electron chi connectivity index (χ0n) is 6.66. The van der Waals surface area contributed by atoms with Crippen LogP contribution in [0.5, 0.6) is 0 Å². The van der Waals surface area contributed by atoms with Crippen LogP contribution >= 0.6 is 0 Å². The number of carbonyl (C=O) groups is 1. The number of carbonyl (C=O) groups excluding carboxylic acids is 1. The van der Waals surface area contributed by atoms with Gasteiger partial charge in [-0.15, -0.1) is 0 Å². The molecule has 0 bridgehead atoms. The predicted octanol–water partition coefficient (Wildman–Crippen LogP) is 1.18. The second-order valence-corrected chi connectivity index (χ2v) is 1.98. The number of aromatic nitrogens is 2. The van der Waals surface area contributed by atoms with Crippen LogP contribution < -0.4 is 0 Å². The summed E-state index contributed by atoms with van der Waals surface area (Å²) in [4.78, 5) is 14.0. The number of rotatable bonds is 3. The normalized spacial score (nSPS) is 10.5. The molecule has 1 rings (SSSR count). The van der Waals surface area contributed by atoms with Gasteiger partial charge in [0.25, 0.3) is 11.7 Å². The molecule has 0 radical (unpaired) electrons. The minimum absolute atomic E-state index is 0.122. The van der Waals surface area contributed by atoms with Gasteiger partial charge in [0, 0.05) is 0 Å². The molecule has 0 aliphatic heterocycles. The molecule has 0 aliphatic carbocycles. The van der Waals surface area contributed by atoms with Crippen molar-refractivity contribution in [2.24, 2.45) is 0 Å². The molecule has 1 aromatic heterocycles. The van der Waals surface area contributed by atoms with Crippen LogP contribution in [-0.4, -0.2) is 22.7 Å². The number of esters is 1. The van der Waals surface area contributed by atoms with E-state index in [0.29, 0.717) is 0 Å². The molecule has 0 fully saturated rings. The lowest BCUT2D eigenvalue weighted by Gasteiger charge is -1.93. The Balaban J connectivity index is 2.73. The minimum atomic E-state index is -2.88. The van der Waals surface area contributed by atoms with Gasteiger partial charge in [-0.2, -0.15) is 13.8 Å². The second-order valence-electron chi connectivity index (χ2n) is 1.98. The fraction of sp³-hybridized carbons (Fsp3) is 0.500. The zero-order valence-corrected chi connectivity index (χ0v) is 6.66. The molecule has 0 unspecified atom stereocenters. The molecule has 1 heterocycles. The van der Waals surface area contributed by atoms with Gasteiger partial charge >= 0.3 is 12.4 Å². The Morgan fingerprint density at radius 3 is 2.85 bits per heavy atom. The Kier molecular flexibility index (Phi) is 2.88. The van der Waals surface area contributed by atoms with Gasteiger partial charge in [-0.3, -0.25) is 0 Å². The van der Waals surface area contributed by atoms with E-state index in [2.05, 4.69) is 19.4 Å². The van der Waals surface area contributed by atoms with Crippen LogP contribution in [0.3, 0.4) is 0 Å². The van der Waals surface area contributed by atoms with E-state index in [-0.39, 0.29) is 6.61 Å². The number of ether oxygens (including phenoxy) is 1. The topological polar surface area (TPSA) is 65.2 Å². The quantitative estimate of drug-likeness (QED) is 0.673. The van der Waals surface area contributed by atoms with Crippen LogP contribution in [0.1, 0.15) is 29.9 Å². The number of hydrogen-bond donors (Lipinski definition) is 0. The average Bonchev–Trinajstić information content (AvgIpc) is 2.52. The van der Waals surface area contributed by atoms with E-state index in [0.717, 1.165) is 0 Å². The van der Waals surface area contributed by atoms with Crippen molar-refractivity contribution in [2.45, 2.75) is 13.3 Å². The standard InChI is InChI=1S/C6H6F2N2O3/c1-2-12-6(11)4-9-5(3(7)8)13-10-4/h3H,2H2,1H3. The fourth-order valence-electron chi connectivity index (χ4n) is 0.602. The summed E-state index contributed by atoms with van der Waals surface area (Å²) < 4.78 is 32.3. The van der Waals surface area contributed by atoms with Crippen molar-refractivity contribution in [1.29, 1.82) is 0 Å². The lowest BCUT2D eigenvalue weighted by molar-refractivity contribution is 0.0508. The molecule has 72 valence electrons. The summed E-state index contributed by atoms with van der Waals surface area (Å²) in [5.41, 5.74) is 0. The summed E-state index contributed by atoms with van der Waals surface area (Å²) in [7, 11) is 0. The number of hydrogen-bond acceptors (Lipinski definition) is 5. The first-order valence-electron chi connectivity index (χ1n) is 3.44. The van der Waals surface area contributed by atoms with E-state index in [1.807, 2.05) is 0 Å². The zero-order chi connectivity index (χ0) is 9.84. The van der Waals surface area contributed by atoms with E-state index in [4.69, 9.17) is 0 Å². The molecule has 0 atom stereocenters. The lowest BCUT2D eigenvalue weighted by Crippen LogP contribution is -2.06. The lowest BCUT2D eigenvalue weighted by atomic mass is 10.6. The molecule has 1 aromatic rings. The highest BCUT2D eigenvalue weighted by atomic mass is 19.3. The summed E-state index contributed by atoms with van der Waals surface area (Å²) in [5, 5.41) is 3.02. The van der Waals surface area contributed by atoms with Crippen LogP contribution in [0.15, 0.2) is 4.52 Å². The van der Waals surface area contributed by atoms with E-state index in [1.165, 1.54) is 0 Å². The molecule has 0 saturated carbocycles. The van der Waals surface area contributed by atoms with Gasteiger partial charge in [0.05, 0.1) is 6.61 Å². The Labute approximate surface area is 71.7 Å². The molecule has 0 spiro atoms. The Morgan fingerprint density at radius 1 is 1.69 bits per heavy atom. The first-order valence-corrected chi connectivity index (χ1v) is 3.44. The summed E-state index contributed by atoms with van der Waals surface area (Å²) >= 11 is 0. The van der Waals surface area contributed by atoms with E-state index < -0.39 is 24.1 Å². The van der Waals surface area contributed by atoms with Crippen molar-refractivity contribution >= 4 is 5.97 Å². The maximum Gasteiger partial charge on any atom is 0.379 e. The largest absolute Gasteiger partial charge is 0.460 e. The third-order valence-corrected chi connectivity index (χ3v) is 1.09. The summed E-state index contributed by atoms with van der Waals surface area (Å²) in [6, 6.07) is 0. The monoisotopic (exact) mass is 192 g/mol. The molecule has 5 nitrogen and oxygen atoms in total. The van der Waals surface area contributed by atoms with Gasteiger partial charge in [-0.25, -0.2) is 4.79 Å². The van der Waals surface area contributed by atoms with Gasteiger partial charge in [-0.1, -0.05) is 0 Å². The van der Waals surface area contributed by atoms with Crippen LogP contribution in [0.4, 0.5) is 8.78 Å². The molecule has 0 saturated heterocycles. The van der Waals surface area contributed by atoms with Gasteiger partial charge in [0.2, 0.25) is 0 Å². The number of halogens is 2. The summed E-state index contributed by atoms with van der Waals surface area (Å²) in [5.74, 6) is -2.25. The second kappa shape index (κ2) is 3.92. The van der Waals surface area contributed by atoms with Crippen LogP contribution in [-0.2, 0) is 4.74 Å². The van der Waals surface area contributed by atoms with Crippen LogP contribution in [0.25, 0.3) is 0 Å². The van der Waals surface area contributed by atoms with E-state index >= 15 is 0 Å². The smallest absolute Gasteiger partial charge is 0.379 e. The number of nitrogens with zero attached hydrogens (tertiary/aromatic N) is 2.